The quantitative estimate of drug-likeness (QED) is 0.748. The lowest BCUT2D eigenvalue weighted by atomic mass is 10.1. The maximum absolute atomic E-state index is 12.6. The molecule has 1 aliphatic rings. The molecular weight excluding hydrogens is 374 g/mol. The van der Waals surface area contributed by atoms with E-state index in [2.05, 4.69) is 14.9 Å². The zero-order valence-corrected chi connectivity index (χ0v) is 16.9. The number of amides is 1. The van der Waals surface area contributed by atoms with Gasteiger partial charge in [-0.15, -0.1) is 0 Å². The molecule has 2 aromatic rings. The average Bonchev–Trinajstić information content (AvgIpc) is 2.70. The molecule has 1 saturated heterocycles. The Hall–Kier alpha value is -2.22. The largest absolute Gasteiger partial charge is 0.325 e. The smallest absolute Gasteiger partial charge is 0.240 e. The van der Waals surface area contributed by atoms with E-state index in [4.69, 9.17) is 0 Å². The molecular formula is C21H27N3O3S. The number of carbonyl (C=O) groups is 1. The summed E-state index contributed by atoms with van der Waals surface area (Å²) in [6.45, 7) is 3.72. The van der Waals surface area contributed by atoms with E-state index >= 15 is 0 Å². The molecule has 7 heteroatoms. The minimum atomic E-state index is -3.51. The van der Waals surface area contributed by atoms with Gasteiger partial charge in [0.15, 0.2) is 0 Å². The van der Waals surface area contributed by atoms with E-state index in [1.807, 2.05) is 49.4 Å². The minimum absolute atomic E-state index is 0.0544. The van der Waals surface area contributed by atoms with Crippen LogP contribution in [0.25, 0.3) is 0 Å². The van der Waals surface area contributed by atoms with E-state index in [9.17, 15) is 13.2 Å². The fraction of sp³-hybridized carbons (Fsp3) is 0.381. The van der Waals surface area contributed by atoms with Gasteiger partial charge in [0.2, 0.25) is 15.9 Å². The molecule has 0 atom stereocenters. The van der Waals surface area contributed by atoms with E-state index in [1.165, 1.54) is 0 Å². The monoisotopic (exact) mass is 401 g/mol. The SMILES string of the molecule is CCc1ccc(S(=O)(=O)NC2CCN(CC(=O)Nc3ccccc3)CC2)cc1. The van der Waals surface area contributed by atoms with Crippen LogP contribution in [0.2, 0.25) is 0 Å². The standard InChI is InChI=1S/C21H27N3O3S/c1-2-17-8-10-20(11-9-17)28(26,27)23-19-12-14-24(15-13-19)16-21(25)22-18-6-4-3-5-7-18/h3-11,19,23H,2,12-16H2,1H3,(H,22,25). The number of rotatable bonds is 7. The zero-order valence-electron chi connectivity index (χ0n) is 16.1. The Labute approximate surface area is 167 Å². The Kier molecular flexibility index (Phi) is 6.83. The number of anilines is 1. The normalized spacial score (nSPS) is 16.0. The van der Waals surface area contributed by atoms with Crippen LogP contribution in [0.5, 0.6) is 0 Å². The third-order valence-corrected chi connectivity index (χ3v) is 6.51. The van der Waals surface area contributed by atoms with Crippen LogP contribution in [0.15, 0.2) is 59.5 Å². The van der Waals surface area contributed by atoms with Gasteiger partial charge in [0.1, 0.15) is 0 Å². The molecule has 0 aromatic heterocycles. The number of nitrogens with one attached hydrogen (secondary N) is 2. The molecule has 0 unspecified atom stereocenters. The first-order valence-corrected chi connectivity index (χ1v) is 11.1. The molecule has 0 radical (unpaired) electrons. The first-order chi connectivity index (χ1) is 13.5. The Bertz CT molecular complexity index is 875. The summed E-state index contributed by atoms with van der Waals surface area (Å²) in [5.74, 6) is -0.0544. The van der Waals surface area contributed by atoms with Gasteiger partial charge in [0, 0.05) is 24.8 Å². The topological polar surface area (TPSA) is 78.5 Å². The van der Waals surface area contributed by atoms with Gasteiger partial charge in [-0.05, 0) is 49.1 Å². The number of nitrogens with zero attached hydrogens (tertiary/aromatic N) is 1. The molecule has 6 nitrogen and oxygen atoms in total. The lowest BCUT2D eigenvalue weighted by Crippen LogP contribution is -2.46. The van der Waals surface area contributed by atoms with Gasteiger partial charge in [0.05, 0.1) is 11.4 Å². The second-order valence-corrected chi connectivity index (χ2v) is 8.80. The molecule has 28 heavy (non-hydrogen) atoms. The van der Waals surface area contributed by atoms with Crippen LogP contribution in [0.4, 0.5) is 5.69 Å². The highest BCUT2D eigenvalue weighted by atomic mass is 32.2. The van der Waals surface area contributed by atoms with Gasteiger partial charge in [-0.3, -0.25) is 9.69 Å². The molecule has 1 aliphatic heterocycles. The fourth-order valence-electron chi connectivity index (χ4n) is 3.33. The van der Waals surface area contributed by atoms with Crippen LogP contribution in [0.3, 0.4) is 0 Å². The number of hydrogen-bond donors (Lipinski definition) is 2. The third kappa shape index (κ3) is 5.64. The van der Waals surface area contributed by atoms with Gasteiger partial charge >= 0.3 is 0 Å². The lowest BCUT2D eigenvalue weighted by molar-refractivity contribution is -0.117. The van der Waals surface area contributed by atoms with Crippen molar-refractivity contribution < 1.29 is 13.2 Å². The fourth-order valence-corrected chi connectivity index (χ4v) is 4.63. The average molecular weight is 402 g/mol. The highest BCUT2D eigenvalue weighted by Crippen LogP contribution is 2.16. The number of sulfonamides is 1. The van der Waals surface area contributed by atoms with Crippen LogP contribution < -0.4 is 10.0 Å². The lowest BCUT2D eigenvalue weighted by Gasteiger charge is -2.31. The molecule has 0 aliphatic carbocycles. The van der Waals surface area contributed by atoms with Crippen LogP contribution in [-0.2, 0) is 21.2 Å². The molecule has 3 rings (SSSR count). The second-order valence-electron chi connectivity index (χ2n) is 7.08. The maximum atomic E-state index is 12.6. The zero-order chi connectivity index (χ0) is 20.0. The van der Waals surface area contributed by atoms with Crippen molar-refractivity contribution in [1.82, 2.24) is 9.62 Å². The molecule has 1 fully saturated rings. The van der Waals surface area contributed by atoms with Crippen molar-refractivity contribution in [3.05, 3.63) is 60.2 Å². The second kappa shape index (κ2) is 9.32. The Morgan fingerprint density at radius 1 is 1.04 bits per heavy atom. The van der Waals surface area contributed by atoms with Crippen molar-refractivity contribution >= 4 is 21.6 Å². The Morgan fingerprint density at radius 3 is 2.29 bits per heavy atom. The van der Waals surface area contributed by atoms with Gasteiger partial charge < -0.3 is 5.32 Å². The summed E-state index contributed by atoms with van der Waals surface area (Å²) < 4.78 is 28.0. The number of aryl methyl sites for hydroxylation is 1. The van der Waals surface area contributed by atoms with Crippen LogP contribution >= 0.6 is 0 Å². The highest BCUT2D eigenvalue weighted by Gasteiger charge is 2.25. The summed E-state index contributed by atoms with van der Waals surface area (Å²) in [6, 6.07) is 16.3. The molecule has 2 N–H and O–H groups in total. The summed E-state index contributed by atoms with van der Waals surface area (Å²) >= 11 is 0. The summed E-state index contributed by atoms with van der Waals surface area (Å²) in [7, 11) is -3.51. The van der Waals surface area contributed by atoms with Crippen LogP contribution in [0.1, 0.15) is 25.3 Å². The van der Waals surface area contributed by atoms with Crippen molar-refractivity contribution in [3.8, 4) is 0 Å². The predicted octanol–water partition coefficient (Wildman–Crippen LogP) is 2.63. The van der Waals surface area contributed by atoms with E-state index in [0.717, 1.165) is 17.7 Å². The van der Waals surface area contributed by atoms with Crippen molar-refractivity contribution in [2.24, 2.45) is 0 Å². The molecule has 0 bridgehead atoms. The molecule has 0 saturated carbocycles. The summed E-state index contributed by atoms with van der Waals surface area (Å²) in [5.41, 5.74) is 1.89. The van der Waals surface area contributed by atoms with Gasteiger partial charge in [-0.25, -0.2) is 13.1 Å². The highest BCUT2D eigenvalue weighted by molar-refractivity contribution is 7.89. The molecule has 150 valence electrons. The van der Waals surface area contributed by atoms with E-state index in [-0.39, 0.29) is 11.9 Å². The number of hydrogen-bond acceptors (Lipinski definition) is 4. The predicted molar refractivity (Wildman–Crippen MR) is 111 cm³/mol. The first kappa shape index (κ1) is 20.5. The van der Waals surface area contributed by atoms with Gasteiger partial charge in [-0.2, -0.15) is 0 Å². The van der Waals surface area contributed by atoms with Crippen molar-refractivity contribution in [2.45, 2.75) is 37.1 Å². The number of likely N-dealkylation sites (tertiary alicyclic amines) is 1. The van der Waals surface area contributed by atoms with Crippen LogP contribution in [0, 0.1) is 0 Å². The summed E-state index contributed by atoms with van der Waals surface area (Å²) in [5, 5.41) is 2.88. The maximum Gasteiger partial charge on any atom is 0.240 e. The van der Waals surface area contributed by atoms with Crippen molar-refractivity contribution in [1.29, 1.82) is 0 Å². The number of para-hydroxylation sites is 1. The Balaban J connectivity index is 1.47. The number of piperidine rings is 1. The number of carbonyl (C=O) groups excluding carboxylic acids is 1. The van der Waals surface area contributed by atoms with E-state index in [0.29, 0.717) is 37.4 Å². The van der Waals surface area contributed by atoms with Crippen molar-refractivity contribution in [3.63, 3.8) is 0 Å². The van der Waals surface area contributed by atoms with E-state index < -0.39 is 10.0 Å². The third-order valence-electron chi connectivity index (χ3n) is 4.98. The molecule has 2 aromatic carbocycles. The van der Waals surface area contributed by atoms with Crippen LogP contribution in [-0.4, -0.2) is 44.9 Å². The number of benzene rings is 2. The van der Waals surface area contributed by atoms with E-state index in [1.54, 1.807) is 12.1 Å². The van der Waals surface area contributed by atoms with Gasteiger partial charge in [-0.1, -0.05) is 37.3 Å². The van der Waals surface area contributed by atoms with Crippen molar-refractivity contribution in [2.75, 3.05) is 25.0 Å². The summed E-state index contributed by atoms with van der Waals surface area (Å²) in [4.78, 5) is 14.5. The van der Waals surface area contributed by atoms with Gasteiger partial charge in [0.25, 0.3) is 0 Å². The molecule has 1 amide bonds. The Morgan fingerprint density at radius 2 is 1.68 bits per heavy atom. The minimum Gasteiger partial charge on any atom is -0.325 e. The molecule has 1 heterocycles. The molecule has 0 spiro atoms. The summed E-state index contributed by atoms with van der Waals surface area (Å²) in [6.07, 6.45) is 2.25. The first-order valence-electron chi connectivity index (χ1n) is 9.65.